The summed E-state index contributed by atoms with van der Waals surface area (Å²) < 4.78 is 22.3. The Morgan fingerprint density at radius 3 is 2.24 bits per heavy atom. The minimum absolute atomic E-state index is 0.0920. The molecule has 1 aromatic heterocycles. The van der Waals surface area contributed by atoms with E-state index in [4.69, 9.17) is 0 Å². The van der Waals surface area contributed by atoms with E-state index in [0.29, 0.717) is 0 Å². The topological polar surface area (TPSA) is 186 Å². The van der Waals surface area contributed by atoms with Crippen LogP contribution in [0.2, 0.25) is 0 Å². The van der Waals surface area contributed by atoms with Crippen LogP contribution >= 0.6 is 0 Å². The lowest BCUT2D eigenvalue weighted by molar-refractivity contribution is -0.383. The molecule has 0 atom stereocenters. The van der Waals surface area contributed by atoms with Crippen molar-refractivity contribution in [3.05, 3.63) is 65.2 Å². The van der Waals surface area contributed by atoms with Gasteiger partial charge in [-0.2, -0.15) is 8.42 Å². The van der Waals surface area contributed by atoms with Crippen LogP contribution in [-0.2, 0) is 10.0 Å². The van der Waals surface area contributed by atoms with Crippen LogP contribution in [0.5, 0.6) is 0 Å². The average molecular weight is 366 g/mol. The molecule has 13 heteroatoms. The molecular formula is C12H6N4O8S. The second-order valence-electron chi connectivity index (χ2n) is 4.86. The molecule has 0 saturated heterocycles. The maximum atomic E-state index is 11.9. The van der Waals surface area contributed by atoms with E-state index in [9.17, 15) is 38.2 Å². The smallest absolute Gasteiger partial charge is 0.316 e. The first-order chi connectivity index (χ1) is 11.6. The highest BCUT2D eigenvalue weighted by atomic mass is 32.2. The molecule has 128 valence electrons. The summed E-state index contributed by atoms with van der Waals surface area (Å²) in [7, 11) is -5.09. The first kappa shape index (κ1) is 16.3. The van der Waals surface area contributed by atoms with Gasteiger partial charge in [0.15, 0.2) is 9.22 Å². The maximum Gasteiger partial charge on any atom is 0.449 e. The van der Waals surface area contributed by atoms with Crippen LogP contribution in [-0.4, -0.2) is 27.6 Å². The number of sulfonamides is 1. The van der Waals surface area contributed by atoms with E-state index < -0.39 is 46.4 Å². The number of nitro groups is 2. The van der Waals surface area contributed by atoms with E-state index in [1.54, 1.807) is 0 Å². The lowest BCUT2D eigenvalue weighted by atomic mass is 10.1. The molecule has 25 heavy (non-hydrogen) atoms. The van der Waals surface area contributed by atoms with Crippen LogP contribution in [0, 0.1) is 20.2 Å². The molecule has 0 aliphatic rings. The predicted octanol–water partition coefficient (Wildman–Crippen LogP) is 0.243. The van der Waals surface area contributed by atoms with Gasteiger partial charge in [-0.15, -0.1) is 0 Å². The van der Waals surface area contributed by atoms with E-state index in [2.05, 4.69) is 9.97 Å². The summed E-state index contributed by atoms with van der Waals surface area (Å²) in [4.78, 5) is 47.6. The summed E-state index contributed by atoms with van der Waals surface area (Å²) in [5.74, 6) is 0. The van der Waals surface area contributed by atoms with E-state index in [1.807, 2.05) is 0 Å². The van der Waals surface area contributed by atoms with Gasteiger partial charge in [0.25, 0.3) is 5.69 Å². The molecule has 0 radical (unpaired) electrons. The summed E-state index contributed by atoms with van der Waals surface area (Å²) in [5, 5.41) is 21.5. The SMILES string of the molecule is O=c1[nH]c2cc([N+](=O)[O-])c3c(S(=O)(=O)[N+](=O)[O-])cccc3c2[nH]c1=O. The van der Waals surface area contributed by atoms with Crippen molar-refractivity contribution >= 4 is 37.5 Å². The Kier molecular flexibility index (Phi) is 3.38. The van der Waals surface area contributed by atoms with Gasteiger partial charge in [-0.3, -0.25) is 19.7 Å². The zero-order valence-corrected chi connectivity index (χ0v) is 12.7. The molecule has 0 spiro atoms. The molecule has 0 bridgehead atoms. The Balaban J connectivity index is 2.68. The Bertz CT molecular complexity index is 1300. The second-order valence-corrected chi connectivity index (χ2v) is 6.55. The molecule has 2 N–H and O–H groups in total. The Hall–Kier alpha value is -3.61. The fraction of sp³-hybridized carbons (Fsp3) is 0. The molecule has 3 rings (SSSR count). The molecular weight excluding hydrogens is 360 g/mol. The normalized spacial score (nSPS) is 11.7. The number of aromatic nitrogens is 2. The maximum absolute atomic E-state index is 11.9. The predicted molar refractivity (Wildman–Crippen MR) is 83.5 cm³/mol. The van der Waals surface area contributed by atoms with E-state index in [0.717, 1.165) is 18.2 Å². The van der Waals surface area contributed by atoms with E-state index >= 15 is 0 Å². The van der Waals surface area contributed by atoms with Gasteiger partial charge in [0, 0.05) is 11.5 Å². The first-order valence-electron chi connectivity index (χ1n) is 6.40. The van der Waals surface area contributed by atoms with Crippen molar-refractivity contribution < 1.29 is 17.7 Å². The van der Waals surface area contributed by atoms with Crippen molar-refractivity contribution in [1.29, 1.82) is 0 Å². The lowest BCUT2D eigenvalue weighted by Crippen LogP contribution is -2.29. The summed E-state index contributed by atoms with van der Waals surface area (Å²) in [6.07, 6.45) is 0. The molecule has 0 unspecified atom stereocenters. The summed E-state index contributed by atoms with van der Waals surface area (Å²) in [6.45, 7) is 0. The standard InChI is InChI=1S/C12H6N4O8S/c17-11-12(18)14-10-5-2-1-3-8(25(23,24)16(21)22)9(5)7(15(19)20)4-6(10)13-11/h1-4H,(H,13,17)(H,14,18). The van der Waals surface area contributed by atoms with Gasteiger partial charge in [0.2, 0.25) is 0 Å². The van der Waals surface area contributed by atoms with Gasteiger partial charge in [0.05, 0.1) is 21.3 Å². The zero-order chi connectivity index (χ0) is 18.5. The summed E-state index contributed by atoms with van der Waals surface area (Å²) in [6, 6.07) is 4.04. The average Bonchev–Trinajstić information content (AvgIpc) is 2.54. The van der Waals surface area contributed by atoms with Crippen LogP contribution in [0.4, 0.5) is 5.69 Å². The third-order valence-corrected chi connectivity index (χ3v) is 4.75. The van der Waals surface area contributed by atoms with Crippen molar-refractivity contribution in [2.75, 3.05) is 0 Å². The van der Waals surface area contributed by atoms with Crippen molar-refractivity contribution in [2.24, 2.45) is 0 Å². The molecule has 0 aliphatic carbocycles. The first-order valence-corrected chi connectivity index (χ1v) is 7.84. The molecule has 0 amide bonds. The van der Waals surface area contributed by atoms with Crippen molar-refractivity contribution in [3.8, 4) is 0 Å². The van der Waals surface area contributed by atoms with Crippen LogP contribution in [0.25, 0.3) is 21.8 Å². The highest BCUT2D eigenvalue weighted by Gasteiger charge is 2.33. The number of rotatable bonds is 3. The molecule has 0 fully saturated rings. The molecule has 2 aromatic carbocycles. The third-order valence-electron chi connectivity index (χ3n) is 3.47. The summed E-state index contributed by atoms with van der Waals surface area (Å²) in [5.41, 5.74) is -3.11. The number of non-ortho nitro benzene ring substituents is 1. The highest BCUT2D eigenvalue weighted by molar-refractivity contribution is 7.85. The van der Waals surface area contributed by atoms with Gasteiger partial charge < -0.3 is 9.97 Å². The molecule has 0 aliphatic heterocycles. The fourth-order valence-electron chi connectivity index (χ4n) is 2.45. The van der Waals surface area contributed by atoms with Crippen molar-refractivity contribution in [1.82, 2.24) is 9.97 Å². The zero-order valence-electron chi connectivity index (χ0n) is 11.9. The van der Waals surface area contributed by atoms with Gasteiger partial charge in [-0.05, 0) is 6.07 Å². The van der Waals surface area contributed by atoms with Gasteiger partial charge in [-0.25, -0.2) is 10.1 Å². The third kappa shape index (κ3) is 2.33. The van der Waals surface area contributed by atoms with Gasteiger partial charge >= 0.3 is 21.1 Å². The molecule has 0 saturated carbocycles. The Labute approximate surface area is 136 Å². The second kappa shape index (κ2) is 5.20. The van der Waals surface area contributed by atoms with Crippen LogP contribution in [0.1, 0.15) is 0 Å². The number of H-pyrrole nitrogens is 2. The van der Waals surface area contributed by atoms with E-state index in [-0.39, 0.29) is 16.4 Å². The van der Waals surface area contributed by atoms with Crippen molar-refractivity contribution in [2.45, 2.75) is 4.90 Å². The van der Waals surface area contributed by atoms with Crippen LogP contribution < -0.4 is 11.1 Å². The van der Waals surface area contributed by atoms with Crippen molar-refractivity contribution in [3.63, 3.8) is 0 Å². The highest BCUT2D eigenvalue weighted by Crippen LogP contribution is 2.35. The number of hydrogen-bond donors (Lipinski definition) is 2. The quantitative estimate of drug-likeness (QED) is 0.285. The largest absolute Gasteiger partial charge is 0.449 e. The van der Waals surface area contributed by atoms with Crippen LogP contribution in [0.15, 0.2) is 38.8 Å². The van der Waals surface area contributed by atoms with Gasteiger partial charge in [-0.1, -0.05) is 12.1 Å². The Morgan fingerprint density at radius 1 is 1.00 bits per heavy atom. The molecule has 1 heterocycles. The number of hydrogen-bond acceptors (Lipinski definition) is 8. The lowest BCUT2D eigenvalue weighted by Gasteiger charge is -2.07. The summed E-state index contributed by atoms with van der Waals surface area (Å²) >= 11 is 0. The number of aromatic amines is 2. The molecule has 12 nitrogen and oxygen atoms in total. The van der Waals surface area contributed by atoms with E-state index in [1.165, 1.54) is 6.07 Å². The number of nitro benzene ring substituents is 1. The van der Waals surface area contributed by atoms with Gasteiger partial charge in [0.1, 0.15) is 0 Å². The number of nitrogens with zero attached hydrogens (tertiary/aromatic N) is 2. The monoisotopic (exact) mass is 366 g/mol. The Morgan fingerprint density at radius 2 is 1.64 bits per heavy atom. The number of nitrogens with one attached hydrogen (secondary N) is 2. The number of fused-ring (bicyclic) bond motifs is 3. The van der Waals surface area contributed by atoms with Crippen LogP contribution in [0.3, 0.4) is 0 Å². The minimum Gasteiger partial charge on any atom is -0.316 e. The molecule has 3 aromatic rings. The fourth-order valence-corrected chi connectivity index (χ4v) is 3.34. The minimum atomic E-state index is -5.09. The number of benzene rings is 2.